The van der Waals surface area contributed by atoms with Gasteiger partial charge in [-0.15, -0.1) is 0 Å². The number of hydrogen-bond acceptors (Lipinski definition) is 6. The van der Waals surface area contributed by atoms with Gasteiger partial charge in [0.15, 0.2) is 0 Å². The van der Waals surface area contributed by atoms with Crippen LogP contribution >= 0.6 is 0 Å². The van der Waals surface area contributed by atoms with Crippen LogP contribution in [0.3, 0.4) is 0 Å². The van der Waals surface area contributed by atoms with Gasteiger partial charge in [-0.1, -0.05) is 6.07 Å². The smallest absolute Gasteiger partial charge is 0.339 e. The van der Waals surface area contributed by atoms with Crippen molar-refractivity contribution in [3.05, 3.63) is 48.3 Å². The highest BCUT2D eigenvalue weighted by atomic mass is 16.5. The maximum Gasteiger partial charge on any atom is 0.339 e. The van der Waals surface area contributed by atoms with Crippen LogP contribution in [-0.4, -0.2) is 48.7 Å². The SMILES string of the molecule is CCOC(=O)c1ccc(N2CCN(c3ccccn3)CC2)nc1. The molecule has 0 atom stereocenters. The Morgan fingerprint density at radius 2 is 1.74 bits per heavy atom. The van der Waals surface area contributed by atoms with Gasteiger partial charge in [-0.2, -0.15) is 0 Å². The lowest BCUT2D eigenvalue weighted by molar-refractivity contribution is 0.0526. The zero-order valence-electron chi connectivity index (χ0n) is 13.2. The highest BCUT2D eigenvalue weighted by Gasteiger charge is 2.19. The van der Waals surface area contributed by atoms with E-state index in [9.17, 15) is 4.79 Å². The number of pyridine rings is 2. The summed E-state index contributed by atoms with van der Waals surface area (Å²) in [6.07, 6.45) is 3.40. The normalized spacial score (nSPS) is 14.7. The number of anilines is 2. The minimum atomic E-state index is -0.327. The van der Waals surface area contributed by atoms with Gasteiger partial charge in [-0.05, 0) is 31.2 Å². The first-order chi connectivity index (χ1) is 11.3. The maximum atomic E-state index is 11.6. The van der Waals surface area contributed by atoms with Crippen LogP contribution in [0.25, 0.3) is 0 Å². The molecule has 23 heavy (non-hydrogen) atoms. The van der Waals surface area contributed by atoms with Crippen molar-refractivity contribution >= 4 is 17.6 Å². The third-order valence-electron chi connectivity index (χ3n) is 3.84. The number of nitrogens with zero attached hydrogens (tertiary/aromatic N) is 4. The van der Waals surface area contributed by atoms with Gasteiger partial charge in [0.25, 0.3) is 0 Å². The minimum Gasteiger partial charge on any atom is -0.462 e. The fourth-order valence-electron chi connectivity index (χ4n) is 2.61. The molecule has 0 radical (unpaired) electrons. The molecule has 0 amide bonds. The van der Waals surface area contributed by atoms with Crippen molar-refractivity contribution in [2.45, 2.75) is 6.92 Å². The van der Waals surface area contributed by atoms with E-state index in [1.165, 1.54) is 0 Å². The summed E-state index contributed by atoms with van der Waals surface area (Å²) in [6.45, 7) is 5.72. The number of aromatic nitrogens is 2. The Kier molecular flexibility index (Phi) is 4.71. The second kappa shape index (κ2) is 7.09. The van der Waals surface area contributed by atoms with E-state index >= 15 is 0 Å². The molecular weight excluding hydrogens is 292 g/mol. The zero-order valence-corrected chi connectivity index (χ0v) is 13.2. The van der Waals surface area contributed by atoms with Crippen LogP contribution in [0.5, 0.6) is 0 Å². The Morgan fingerprint density at radius 3 is 2.26 bits per heavy atom. The molecule has 0 saturated carbocycles. The number of piperazine rings is 1. The molecule has 0 unspecified atom stereocenters. The lowest BCUT2D eigenvalue weighted by atomic mass is 10.2. The molecular formula is C17H20N4O2. The molecule has 0 bridgehead atoms. The molecule has 2 aromatic rings. The van der Waals surface area contributed by atoms with E-state index in [1.54, 1.807) is 19.2 Å². The van der Waals surface area contributed by atoms with Crippen molar-refractivity contribution in [2.24, 2.45) is 0 Å². The molecule has 0 aliphatic carbocycles. The van der Waals surface area contributed by atoms with Gasteiger partial charge in [-0.3, -0.25) is 0 Å². The minimum absolute atomic E-state index is 0.327. The fraction of sp³-hybridized carbons (Fsp3) is 0.353. The Balaban J connectivity index is 1.60. The van der Waals surface area contributed by atoms with Gasteiger partial charge in [0.2, 0.25) is 0 Å². The lowest BCUT2D eigenvalue weighted by Crippen LogP contribution is -2.47. The second-order valence-electron chi connectivity index (χ2n) is 5.29. The average molecular weight is 312 g/mol. The van der Waals surface area contributed by atoms with Crippen LogP contribution in [0.1, 0.15) is 17.3 Å². The summed E-state index contributed by atoms with van der Waals surface area (Å²) in [7, 11) is 0. The highest BCUT2D eigenvalue weighted by Crippen LogP contribution is 2.17. The molecule has 0 aromatic carbocycles. The summed E-state index contributed by atoms with van der Waals surface area (Å²) >= 11 is 0. The van der Waals surface area contributed by atoms with E-state index in [4.69, 9.17) is 4.74 Å². The van der Waals surface area contributed by atoms with Gasteiger partial charge < -0.3 is 14.5 Å². The van der Waals surface area contributed by atoms with Crippen LogP contribution < -0.4 is 9.80 Å². The molecule has 1 fully saturated rings. The molecule has 6 heteroatoms. The molecule has 1 aliphatic heterocycles. The number of carbonyl (C=O) groups excluding carboxylic acids is 1. The molecule has 3 heterocycles. The van der Waals surface area contributed by atoms with Gasteiger partial charge in [0, 0.05) is 38.6 Å². The second-order valence-corrected chi connectivity index (χ2v) is 5.29. The van der Waals surface area contributed by atoms with Crippen molar-refractivity contribution in [1.82, 2.24) is 9.97 Å². The van der Waals surface area contributed by atoms with Gasteiger partial charge in [0.1, 0.15) is 11.6 Å². The quantitative estimate of drug-likeness (QED) is 0.805. The summed E-state index contributed by atoms with van der Waals surface area (Å²) in [6, 6.07) is 9.61. The topological polar surface area (TPSA) is 58.6 Å². The summed E-state index contributed by atoms with van der Waals surface area (Å²) in [5, 5.41) is 0. The van der Waals surface area contributed by atoms with E-state index in [1.807, 2.05) is 30.5 Å². The first kappa shape index (κ1) is 15.3. The number of ether oxygens (including phenoxy) is 1. The molecule has 1 aliphatic rings. The molecule has 1 saturated heterocycles. The number of esters is 1. The van der Waals surface area contributed by atoms with Crippen LogP contribution in [0.15, 0.2) is 42.7 Å². The molecule has 6 nitrogen and oxygen atoms in total. The molecule has 0 N–H and O–H groups in total. The van der Waals surface area contributed by atoms with Gasteiger partial charge in [0.05, 0.1) is 12.2 Å². The van der Waals surface area contributed by atoms with Crippen LogP contribution in [0.4, 0.5) is 11.6 Å². The Bertz CT molecular complexity index is 637. The zero-order chi connectivity index (χ0) is 16.1. The van der Waals surface area contributed by atoms with Crippen molar-refractivity contribution in [3.63, 3.8) is 0 Å². The first-order valence-electron chi connectivity index (χ1n) is 7.82. The highest BCUT2D eigenvalue weighted by molar-refractivity contribution is 5.89. The third kappa shape index (κ3) is 3.59. The fourth-order valence-corrected chi connectivity index (χ4v) is 2.61. The van der Waals surface area contributed by atoms with Crippen LogP contribution in [0, 0.1) is 0 Å². The predicted octanol–water partition coefficient (Wildman–Crippen LogP) is 1.98. The Morgan fingerprint density at radius 1 is 1.04 bits per heavy atom. The standard InChI is InChI=1S/C17H20N4O2/c1-2-23-17(22)14-6-7-16(19-13-14)21-11-9-20(10-12-21)15-5-3-4-8-18-15/h3-8,13H,2,9-12H2,1H3. The number of rotatable bonds is 4. The van der Waals surface area contributed by atoms with Gasteiger partial charge in [-0.25, -0.2) is 14.8 Å². The third-order valence-corrected chi connectivity index (χ3v) is 3.84. The van der Waals surface area contributed by atoms with Crippen LogP contribution in [-0.2, 0) is 4.74 Å². The summed E-state index contributed by atoms with van der Waals surface area (Å²) in [4.78, 5) is 24.9. The van der Waals surface area contributed by atoms with Crippen LogP contribution in [0.2, 0.25) is 0 Å². The van der Waals surface area contributed by atoms with Crippen molar-refractivity contribution in [1.29, 1.82) is 0 Å². The van der Waals surface area contributed by atoms with E-state index in [-0.39, 0.29) is 5.97 Å². The average Bonchev–Trinajstić information content (AvgIpc) is 2.63. The van der Waals surface area contributed by atoms with E-state index in [0.717, 1.165) is 37.8 Å². The predicted molar refractivity (Wildman–Crippen MR) is 88.9 cm³/mol. The molecule has 0 spiro atoms. The molecule has 3 rings (SSSR count). The summed E-state index contributed by atoms with van der Waals surface area (Å²) in [5.74, 6) is 1.57. The maximum absolute atomic E-state index is 11.6. The summed E-state index contributed by atoms with van der Waals surface area (Å²) < 4.78 is 4.97. The Labute approximate surface area is 135 Å². The van der Waals surface area contributed by atoms with E-state index in [2.05, 4.69) is 19.8 Å². The van der Waals surface area contributed by atoms with Crippen molar-refractivity contribution in [3.8, 4) is 0 Å². The molecule has 120 valence electrons. The van der Waals surface area contributed by atoms with Crippen molar-refractivity contribution in [2.75, 3.05) is 42.6 Å². The number of hydrogen-bond donors (Lipinski definition) is 0. The van der Waals surface area contributed by atoms with E-state index < -0.39 is 0 Å². The lowest BCUT2D eigenvalue weighted by Gasteiger charge is -2.36. The van der Waals surface area contributed by atoms with Crippen molar-refractivity contribution < 1.29 is 9.53 Å². The first-order valence-corrected chi connectivity index (χ1v) is 7.82. The molecule has 2 aromatic heterocycles. The largest absolute Gasteiger partial charge is 0.462 e. The van der Waals surface area contributed by atoms with E-state index in [0.29, 0.717) is 12.2 Å². The monoisotopic (exact) mass is 312 g/mol. The van der Waals surface area contributed by atoms with Gasteiger partial charge >= 0.3 is 5.97 Å². The summed E-state index contributed by atoms with van der Waals surface area (Å²) in [5.41, 5.74) is 0.489. The number of carbonyl (C=O) groups is 1. The Hall–Kier alpha value is -2.63.